The van der Waals surface area contributed by atoms with Crippen LogP contribution in [0.5, 0.6) is 0 Å². The van der Waals surface area contributed by atoms with Gasteiger partial charge in [-0.15, -0.1) is 0 Å². The summed E-state index contributed by atoms with van der Waals surface area (Å²) >= 11 is 6.56. The lowest BCUT2D eigenvalue weighted by atomic mass is 9.98. The number of rotatable bonds is 6. The summed E-state index contributed by atoms with van der Waals surface area (Å²) in [6, 6.07) is 6.96. The molecular formula is C18H29ClN2. The van der Waals surface area contributed by atoms with E-state index in [1.807, 2.05) is 6.07 Å². The van der Waals surface area contributed by atoms with Gasteiger partial charge in [-0.1, -0.05) is 44.5 Å². The van der Waals surface area contributed by atoms with Gasteiger partial charge in [0.1, 0.15) is 0 Å². The van der Waals surface area contributed by atoms with E-state index in [-0.39, 0.29) is 0 Å². The van der Waals surface area contributed by atoms with E-state index in [0.717, 1.165) is 24.7 Å². The lowest BCUT2D eigenvalue weighted by molar-refractivity contribution is 0.448. The fourth-order valence-electron chi connectivity index (χ4n) is 3.24. The van der Waals surface area contributed by atoms with Crippen molar-refractivity contribution in [3.63, 3.8) is 0 Å². The van der Waals surface area contributed by atoms with E-state index in [9.17, 15) is 0 Å². The maximum absolute atomic E-state index is 6.56. The Labute approximate surface area is 134 Å². The van der Waals surface area contributed by atoms with Crippen LogP contribution in [0.2, 0.25) is 5.02 Å². The number of para-hydroxylation sites is 1. The quantitative estimate of drug-likeness (QED) is 0.807. The van der Waals surface area contributed by atoms with Crippen molar-refractivity contribution in [2.75, 3.05) is 18.0 Å². The van der Waals surface area contributed by atoms with Gasteiger partial charge >= 0.3 is 0 Å². The second-order valence-electron chi connectivity index (χ2n) is 6.52. The van der Waals surface area contributed by atoms with Crippen molar-refractivity contribution in [1.82, 2.24) is 5.32 Å². The molecule has 1 heterocycles. The zero-order valence-electron chi connectivity index (χ0n) is 13.7. The number of nitrogens with one attached hydrogen (secondary N) is 1. The largest absolute Gasteiger partial charge is 0.367 e. The predicted octanol–water partition coefficient (Wildman–Crippen LogP) is 4.85. The Hall–Kier alpha value is -0.730. The zero-order chi connectivity index (χ0) is 15.2. The second-order valence-corrected chi connectivity index (χ2v) is 6.93. The first-order valence-electron chi connectivity index (χ1n) is 8.38. The van der Waals surface area contributed by atoms with Crippen molar-refractivity contribution in [1.29, 1.82) is 0 Å². The van der Waals surface area contributed by atoms with E-state index in [2.05, 4.69) is 43.1 Å². The van der Waals surface area contributed by atoms with E-state index in [0.29, 0.717) is 12.0 Å². The highest BCUT2D eigenvalue weighted by molar-refractivity contribution is 6.33. The lowest BCUT2D eigenvalue weighted by Gasteiger charge is -2.39. The molecule has 0 saturated carbocycles. The maximum Gasteiger partial charge on any atom is 0.0643 e. The Morgan fingerprint density at radius 1 is 1.33 bits per heavy atom. The number of hydrogen-bond acceptors (Lipinski definition) is 2. The van der Waals surface area contributed by atoms with Crippen LogP contribution >= 0.6 is 11.6 Å². The third kappa shape index (κ3) is 4.37. The predicted molar refractivity (Wildman–Crippen MR) is 93.3 cm³/mol. The fourth-order valence-corrected chi connectivity index (χ4v) is 3.54. The van der Waals surface area contributed by atoms with Crippen molar-refractivity contribution < 1.29 is 0 Å². The third-order valence-corrected chi connectivity index (χ3v) is 4.63. The molecule has 1 aromatic carbocycles. The molecule has 0 radical (unpaired) electrons. The molecule has 3 heteroatoms. The average Bonchev–Trinajstić information content (AvgIpc) is 2.47. The molecule has 1 fully saturated rings. The standard InChI is InChI=1S/C18H29ClN2/c1-4-16-9-5-6-11-21(16)18-15(8-7-10-17(18)19)13-20-12-14(2)3/h7-8,10,14,16,20H,4-6,9,11-13H2,1-3H3. The summed E-state index contributed by atoms with van der Waals surface area (Å²) in [7, 11) is 0. The number of nitrogens with zero attached hydrogens (tertiary/aromatic N) is 1. The number of benzene rings is 1. The third-order valence-electron chi connectivity index (χ3n) is 4.32. The SMILES string of the molecule is CCC1CCCCN1c1c(Cl)cccc1CNCC(C)C. The summed E-state index contributed by atoms with van der Waals surface area (Å²) in [5, 5.41) is 4.46. The summed E-state index contributed by atoms with van der Waals surface area (Å²) in [4.78, 5) is 2.55. The fraction of sp³-hybridized carbons (Fsp3) is 0.667. The summed E-state index contributed by atoms with van der Waals surface area (Å²) in [6.07, 6.45) is 5.12. The van der Waals surface area contributed by atoms with Gasteiger partial charge in [0, 0.05) is 19.1 Å². The van der Waals surface area contributed by atoms with Crippen LogP contribution in [0.25, 0.3) is 0 Å². The smallest absolute Gasteiger partial charge is 0.0643 e. The molecule has 0 amide bonds. The first kappa shape index (κ1) is 16.6. The van der Waals surface area contributed by atoms with Gasteiger partial charge in [0.25, 0.3) is 0 Å². The second kappa shape index (κ2) is 8.05. The first-order valence-corrected chi connectivity index (χ1v) is 8.76. The summed E-state index contributed by atoms with van der Waals surface area (Å²) in [5.41, 5.74) is 2.60. The van der Waals surface area contributed by atoms with E-state index in [1.165, 1.54) is 36.9 Å². The molecule has 118 valence electrons. The molecule has 21 heavy (non-hydrogen) atoms. The molecule has 0 bridgehead atoms. The highest BCUT2D eigenvalue weighted by atomic mass is 35.5. The summed E-state index contributed by atoms with van der Waals surface area (Å²) in [6.45, 7) is 9.85. The molecule has 0 aromatic heterocycles. The van der Waals surface area contributed by atoms with Crippen molar-refractivity contribution in [3.05, 3.63) is 28.8 Å². The average molecular weight is 309 g/mol. The summed E-state index contributed by atoms with van der Waals surface area (Å²) < 4.78 is 0. The van der Waals surface area contributed by atoms with Crippen LogP contribution in [-0.4, -0.2) is 19.1 Å². The van der Waals surface area contributed by atoms with E-state index in [4.69, 9.17) is 11.6 Å². The van der Waals surface area contributed by atoms with Gasteiger partial charge in [-0.2, -0.15) is 0 Å². The Morgan fingerprint density at radius 2 is 2.14 bits per heavy atom. The number of anilines is 1. The van der Waals surface area contributed by atoms with Crippen molar-refractivity contribution in [2.45, 2.75) is 59.0 Å². The Kier molecular flexibility index (Phi) is 6.38. The van der Waals surface area contributed by atoms with Crippen molar-refractivity contribution in [2.24, 2.45) is 5.92 Å². The van der Waals surface area contributed by atoms with Gasteiger partial charge in [0.05, 0.1) is 10.7 Å². The zero-order valence-corrected chi connectivity index (χ0v) is 14.4. The molecule has 2 rings (SSSR count). The summed E-state index contributed by atoms with van der Waals surface area (Å²) in [5.74, 6) is 0.672. The molecule has 1 aliphatic heterocycles. The number of halogens is 1. The van der Waals surface area contributed by atoms with E-state index in [1.54, 1.807) is 0 Å². The lowest BCUT2D eigenvalue weighted by Crippen LogP contribution is -2.40. The van der Waals surface area contributed by atoms with Crippen LogP contribution in [-0.2, 0) is 6.54 Å². The molecule has 1 N–H and O–H groups in total. The minimum absolute atomic E-state index is 0.641. The normalized spacial score (nSPS) is 19.3. The van der Waals surface area contributed by atoms with E-state index < -0.39 is 0 Å². The van der Waals surface area contributed by atoms with Crippen LogP contribution in [0.1, 0.15) is 52.0 Å². The molecule has 1 saturated heterocycles. The van der Waals surface area contributed by atoms with Crippen LogP contribution in [0, 0.1) is 5.92 Å². The van der Waals surface area contributed by atoms with Gasteiger partial charge in [-0.25, -0.2) is 0 Å². The molecule has 1 aliphatic rings. The number of hydrogen-bond donors (Lipinski definition) is 1. The first-order chi connectivity index (χ1) is 10.1. The van der Waals surface area contributed by atoms with Crippen LogP contribution in [0.15, 0.2) is 18.2 Å². The molecular weight excluding hydrogens is 280 g/mol. The minimum Gasteiger partial charge on any atom is -0.367 e. The minimum atomic E-state index is 0.641. The Bertz CT molecular complexity index is 445. The Balaban J connectivity index is 2.19. The molecule has 0 aliphatic carbocycles. The highest BCUT2D eigenvalue weighted by Gasteiger charge is 2.24. The maximum atomic E-state index is 6.56. The molecule has 1 aromatic rings. The molecule has 1 atom stereocenters. The van der Waals surface area contributed by atoms with Gasteiger partial charge in [0.15, 0.2) is 0 Å². The monoisotopic (exact) mass is 308 g/mol. The molecule has 0 spiro atoms. The van der Waals surface area contributed by atoms with E-state index >= 15 is 0 Å². The highest BCUT2D eigenvalue weighted by Crippen LogP contribution is 2.35. The molecule has 2 nitrogen and oxygen atoms in total. The van der Waals surface area contributed by atoms with Gasteiger partial charge in [-0.3, -0.25) is 0 Å². The van der Waals surface area contributed by atoms with Gasteiger partial charge in [-0.05, 0) is 49.8 Å². The topological polar surface area (TPSA) is 15.3 Å². The van der Waals surface area contributed by atoms with Crippen molar-refractivity contribution >= 4 is 17.3 Å². The van der Waals surface area contributed by atoms with Gasteiger partial charge < -0.3 is 10.2 Å². The molecule has 1 unspecified atom stereocenters. The van der Waals surface area contributed by atoms with Crippen molar-refractivity contribution in [3.8, 4) is 0 Å². The van der Waals surface area contributed by atoms with Crippen LogP contribution < -0.4 is 10.2 Å². The Morgan fingerprint density at radius 3 is 2.86 bits per heavy atom. The van der Waals surface area contributed by atoms with Crippen LogP contribution in [0.4, 0.5) is 5.69 Å². The number of piperidine rings is 1. The van der Waals surface area contributed by atoms with Gasteiger partial charge in [0.2, 0.25) is 0 Å². The van der Waals surface area contributed by atoms with Crippen LogP contribution in [0.3, 0.4) is 0 Å².